The summed E-state index contributed by atoms with van der Waals surface area (Å²) in [6, 6.07) is 52.0. The first-order valence-electron chi connectivity index (χ1n) is 29.4. The van der Waals surface area contributed by atoms with Crippen LogP contribution in [0, 0.1) is 6.92 Å². The summed E-state index contributed by atoms with van der Waals surface area (Å²) in [5, 5.41) is 1.19. The van der Waals surface area contributed by atoms with Crippen LogP contribution in [0.4, 0.5) is 51.2 Å². The number of rotatable bonds is 5. The van der Waals surface area contributed by atoms with Crippen molar-refractivity contribution in [2.24, 2.45) is 0 Å². The molecule has 8 aromatic rings. The summed E-state index contributed by atoms with van der Waals surface area (Å²) in [5.41, 5.74) is 26.6. The SMILES string of the molecule is Cc1cc2c(cc1N1c3cc(N(c4ccccc4)c4ccccc4)cc4c3B(c3ccc5c(c31)C(C)(C)CCC5(C)C)c1oc3cc5c(cc3c1N4c1ccc(C(C)(C)C)cc1)C(C)(C)CCC5(C)C)C(C)(C)CCC2(C)C. The summed E-state index contributed by atoms with van der Waals surface area (Å²) in [7, 11) is 0. The van der Waals surface area contributed by atoms with Gasteiger partial charge in [0, 0.05) is 45.2 Å². The molecule has 2 aliphatic heterocycles. The second kappa shape index (κ2) is 16.8. The largest absolute Gasteiger partial charge is 0.468 e. The molecule has 0 atom stereocenters. The first-order chi connectivity index (χ1) is 36.7. The first kappa shape index (κ1) is 51.0. The molecule has 5 heteroatoms. The maximum absolute atomic E-state index is 7.83. The van der Waals surface area contributed by atoms with Crippen molar-refractivity contribution in [3.8, 4) is 0 Å². The fourth-order valence-corrected chi connectivity index (χ4v) is 15.1. The summed E-state index contributed by atoms with van der Waals surface area (Å²) >= 11 is 0. The van der Waals surface area contributed by atoms with E-state index in [1.165, 1.54) is 90.0 Å². The van der Waals surface area contributed by atoms with Gasteiger partial charge in [-0.2, -0.15) is 0 Å². The summed E-state index contributed by atoms with van der Waals surface area (Å²) in [4.78, 5) is 7.90. The van der Waals surface area contributed by atoms with Crippen LogP contribution in [0.25, 0.3) is 11.0 Å². The molecule has 7 aromatic carbocycles. The van der Waals surface area contributed by atoms with Crippen LogP contribution in [0.1, 0.15) is 187 Å². The van der Waals surface area contributed by atoms with Gasteiger partial charge in [-0.25, -0.2) is 0 Å². The summed E-state index contributed by atoms with van der Waals surface area (Å²) in [6.07, 6.45) is 6.84. The quantitative estimate of drug-likeness (QED) is 0.160. The first-order valence-corrected chi connectivity index (χ1v) is 29.4. The Morgan fingerprint density at radius 3 is 1.50 bits per heavy atom. The Morgan fingerprint density at radius 1 is 0.462 bits per heavy atom. The molecule has 13 rings (SSSR count). The van der Waals surface area contributed by atoms with E-state index in [2.05, 4.69) is 259 Å². The van der Waals surface area contributed by atoms with Crippen LogP contribution in [0.3, 0.4) is 0 Å². The maximum atomic E-state index is 7.83. The predicted octanol–water partition coefficient (Wildman–Crippen LogP) is 18.6. The van der Waals surface area contributed by atoms with Gasteiger partial charge in [-0.3, -0.25) is 0 Å². The lowest BCUT2D eigenvalue weighted by Gasteiger charge is -2.50. The third-order valence-electron chi connectivity index (χ3n) is 20.3. The fraction of sp³-hybridized carbons (Fsp3) is 0.397. The molecule has 0 spiro atoms. The molecule has 0 fully saturated rings. The highest BCUT2D eigenvalue weighted by molar-refractivity contribution is 7.00. The molecule has 5 aliphatic rings. The van der Waals surface area contributed by atoms with E-state index in [0.717, 1.165) is 71.8 Å². The molecule has 4 nitrogen and oxygen atoms in total. The number of hydrogen-bond donors (Lipinski definition) is 0. The smallest absolute Gasteiger partial charge is 0.297 e. The molecule has 0 amide bonds. The zero-order chi connectivity index (χ0) is 55.0. The standard InChI is InChI=1S/C73H82BN3O/c1-45-39-53-55(71(11,12)35-33-69(53,7)8)43-58(45)77-60-41-50(75(47-23-19-17-20-24-47)48-25-21-18-22-26-48)40-59-63(60)74(57-32-31-52-62(65(57)77)73(15,16)38-37-68(52,5)6)66-64(76(59)49-29-27-46(28-30-49)67(2,3)4)51-42-54-56(44-61(51)78-66)72(13,14)36-34-70(54,9)10/h17-32,39-44H,33-38H2,1-16H3. The van der Waals surface area contributed by atoms with Crippen molar-refractivity contribution in [1.82, 2.24) is 0 Å². The number of para-hydroxylation sites is 2. The average molecular weight is 1030 g/mol. The summed E-state index contributed by atoms with van der Waals surface area (Å²) < 4.78 is 7.83. The van der Waals surface area contributed by atoms with Gasteiger partial charge in [0.15, 0.2) is 0 Å². The number of nitrogens with zero attached hydrogens (tertiary/aromatic N) is 3. The Kier molecular flexibility index (Phi) is 11.0. The zero-order valence-corrected chi connectivity index (χ0v) is 49.8. The third-order valence-corrected chi connectivity index (χ3v) is 20.3. The summed E-state index contributed by atoms with van der Waals surface area (Å²) in [6.45, 7) is 38.9. The van der Waals surface area contributed by atoms with Gasteiger partial charge in [0.05, 0.1) is 17.0 Å². The van der Waals surface area contributed by atoms with Crippen LogP contribution < -0.4 is 31.3 Å². The lowest BCUT2D eigenvalue weighted by Crippen LogP contribution is -2.61. The van der Waals surface area contributed by atoms with E-state index in [-0.39, 0.29) is 44.6 Å². The maximum Gasteiger partial charge on any atom is 0.297 e. The van der Waals surface area contributed by atoms with E-state index < -0.39 is 0 Å². The van der Waals surface area contributed by atoms with Gasteiger partial charge < -0.3 is 19.1 Å². The Labute approximate surface area is 467 Å². The van der Waals surface area contributed by atoms with Crippen molar-refractivity contribution >= 4 is 85.5 Å². The number of fused-ring (bicyclic) bond motifs is 10. The lowest BCUT2D eigenvalue weighted by atomic mass is 9.35. The van der Waals surface area contributed by atoms with Crippen molar-refractivity contribution in [1.29, 1.82) is 0 Å². The van der Waals surface area contributed by atoms with E-state index in [1.54, 1.807) is 0 Å². The van der Waals surface area contributed by atoms with Gasteiger partial charge in [0.2, 0.25) is 0 Å². The van der Waals surface area contributed by atoms with Gasteiger partial charge in [-0.1, -0.05) is 171 Å². The molecule has 0 bridgehead atoms. The van der Waals surface area contributed by atoms with E-state index in [0.29, 0.717) is 0 Å². The number of hydrogen-bond acceptors (Lipinski definition) is 4. The molecular weight excluding hydrogens is 946 g/mol. The second-order valence-corrected chi connectivity index (χ2v) is 29.4. The van der Waals surface area contributed by atoms with Crippen molar-refractivity contribution < 1.29 is 4.42 Å². The Hall–Kier alpha value is -6.46. The third kappa shape index (κ3) is 7.59. The highest BCUT2D eigenvalue weighted by atomic mass is 16.3. The molecule has 0 unspecified atom stereocenters. The molecule has 1 aromatic heterocycles. The monoisotopic (exact) mass is 1030 g/mol. The number of anilines is 9. The highest BCUT2D eigenvalue weighted by Gasteiger charge is 2.52. The minimum atomic E-state index is -0.192. The minimum absolute atomic E-state index is 0.00597. The molecule has 0 saturated carbocycles. The Bertz CT molecular complexity index is 3710. The average Bonchev–Trinajstić information content (AvgIpc) is 2.47. The number of benzene rings is 7. The highest BCUT2D eigenvalue weighted by Crippen LogP contribution is 2.58. The Balaban J connectivity index is 1.23. The predicted molar refractivity (Wildman–Crippen MR) is 334 cm³/mol. The van der Waals surface area contributed by atoms with E-state index in [4.69, 9.17) is 4.42 Å². The number of furan rings is 1. The molecular formula is C73H82BN3O. The fourth-order valence-electron chi connectivity index (χ4n) is 15.1. The van der Waals surface area contributed by atoms with Crippen molar-refractivity contribution in [2.75, 3.05) is 14.7 Å². The van der Waals surface area contributed by atoms with Crippen LogP contribution in [0.5, 0.6) is 0 Å². The van der Waals surface area contributed by atoms with Gasteiger partial charge in [-0.15, -0.1) is 0 Å². The molecule has 78 heavy (non-hydrogen) atoms. The van der Waals surface area contributed by atoms with Crippen LogP contribution in [-0.4, -0.2) is 6.71 Å². The van der Waals surface area contributed by atoms with Gasteiger partial charge in [-0.05, 0) is 206 Å². The second-order valence-electron chi connectivity index (χ2n) is 29.4. The van der Waals surface area contributed by atoms with Crippen molar-refractivity contribution in [3.05, 3.63) is 178 Å². The van der Waals surface area contributed by atoms with Crippen LogP contribution in [-0.2, 0) is 37.9 Å². The van der Waals surface area contributed by atoms with E-state index in [9.17, 15) is 0 Å². The van der Waals surface area contributed by atoms with Crippen LogP contribution in [0.15, 0.2) is 138 Å². The van der Waals surface area contributed by atoms with Crippen LogP contribution in [0.2, 0.25) is 0 Å². The molecule has 3 aliphatic carbocycles. The van der Waals surface area contributed by atoms with Crippen molar-refractivity contribution in [3.63, 3.8) is 0 Å². The van der Waals surface area contributed by atoms with Gasteiger partial charge >= 0.3 is 0 Å². The van der Waals surface area contributed by atoms with Gasteiger partial charge in [0.1, 0.15) is 5.58 Å². The number of aryl methyl sites for hydroxylation is 1. The van der Waals surface area contributed by atoms with E-state index >= 15 is 0 Å². The molecule has 0 radical (unpaired) electrons. The van der Waals surface area contributed by atoms with Crippen molar-refractivity contribution in [2.45, 2.75) is 187 Å². The summed E-state index contributed by atoms with van der Waals surface area (Å²) in [5.74, 6) is 0. The zero-order valence-electron chi connectivity index (χ0n) is 49.8. The molecule has 398 valence electrons. The normalized spacial score (nSPS) is 19.5. The van der Waals surface area contributed by atoms with Gasteiger partial charge in [0.25, 0.3) is 6.71 Å². The topological polar surface area (TPSA) is 22.9 Å². The minimum Gasteiger partial charge on any atom is -0.468 e. The van der Waals surface area contributed by atoms with Crippen LogP contribution >= 0.6 is 0 Å². The van der Waals surface area contributed by atoms with E-state index in [1.807, 2.05) is 0 Å². The molecule has 3 heterocycles. The Morgan fingerprint density at radius 2 is 0.949 bits per heavy atom. The molecule has 0 N–H and O–H groups in total. The lowest BCUT2D eigenvalue weighted by molar-refractivity contribution is 0.331. The molecule has 0 saturated heterocycles.